The van der Waals surface area contributed by atoms with E-state index in [2.05, 4.69) is 45.1 Å². The van der Waals surface area contributed by atoms with Crippen LogP contribution in [-0.4, -0.2) is 11.5 Å². The van der Waals surface area contributed by atoms with Gasteiger partial charge in [-0.2, -0.15) is 0 Å². The molecule has 0 unspecified atom stereocenters. The largest absolute Gasteiger partial charge is 0.357 e. The van der Waals surface area contributed by atoms with Gasteiger partial charge in [-0.1, -0.05) is 29.4 Å². The van der Waals surface area contributed by atoms with Crippen LogP contribution in [0.4, 0.5) is 5.13 Å². The predicted molar refractivity (Wildman–Crippen MR) is 58.0 cm³/mol. The maximum Gasteiger partial charge on any atom is 0.183 e. The fraction of sp³-hybridized carbons (Fsp3) is 0.375. The molecule has 0 amide bonds. The number of rotatable bonds is 4. The van der Waals surface area contributed by atoms with Gasteiger partial charge in [0.25, 0.3) is 0 Å². The van der Waals surface area contributed by atoms with E-state index in [1.165, 1.54) is 0 Å². The summed E-state index contributed by atoms with van der Waals surface area (Å²) in [6.07, 6.45) is 0.993. The minimum absolute atomic E-state index is 0.733. The quantitative estimate of drug-likeness (QED) is 0.884. The first-order valence-electron chi connectivity index (χ1n) is 3.74. The normalized spacial score (nSPS) is 9.83. The van der Waals surface area contributed by atoms with E-state index in [0.29, 0.717) is 0 Å². The Bertz CT molecular complexity index is 270. The van der Waals surface area contributed by atoms with Crippen LogP contribution in [0.5, 0.6) is 0 Å². The molecule has 66 valence electrons. The Labute approximate surface area is 84.8 Å². The lowest BCUT2D eigenvalue weighted by atomic mass is 10.4. The van der Waals surface area contributed by atoms with Crippen LogP contribution in [-0.2, 0) is 6.42 Å². The molecule has 0 aliphatic heterocycles. The van der Waals surface area contributed by atoms with E-state index in [1.807, 2.05) is 0 Å². The highest BCUT2D eigenvalue weighted by Gasteiger charge is 1.98. The third kappa shape index (κ3) is 2.95. The molecule has 0 radical (unpaired) electrons. The Morgan fingerprint density at radius 2 is 2.58 bits per heavy atom. The van der Waals surface area contributed by atoms with E-state index in [-0.39, 0.29) is 0 Å². The minimum atomic E-state index is 0.733. The number of thiazole rings is 1. The number of anilines is 1. The first kappa shape index (κ1) is 9.74. The molecule has 1 heterocycles. The number of nitrogens with one attached hydrogen (secondary N) is 1. The summed E-state index contributed by atoms with van der Waals surface area (Å²) in [6.45, 7) is 6.56. The monoisotopic (exact) mass is 246 g/mol. The van der Waals surface area contributed by atoms with Crippen LogP contribution < -0.4 is 5.32 Å². The first-order chi connectivity index (χ1) is 5.72. The summed E-state index contributed by atoms with van der Waals surface area (Å²) < 4.78 is 0.941. The van der Waals surface area contributed by atoms with Gasteiger partial charge in [-0.15, -0.1) is 11.3 Å². The van der Waals surface area contributed by atoms with Gasteiger partial charge in [0.15, 0.2) is 5.13 Å². The topological polar surface area (TPSA) is 24.9 Å². The van der Waals surface area contributed by atoms with Gasteiger partial charge in [0, 0.05) is 16.4 Å². The molecule has 12 heavy (non-hydrogen) atoms. The Morgan fingerprint density at radius 1 is 1.83 bits per heavy atom. The Balaban J connectivity index is 2.47. The first-order valence-corrected chi connectivity index (χ1v) is 5.41. The zero-order chi connectivity index (χ0) is 8.97. The van der Waals surface area contributed by atoms with Gasteiger partial charge in [-0.05, 0) is 6.42 Å². The lowest BCUT2D eigenvalue weighted by Gasteiger charge is -1.98. The van der Waals surface area contributed by atoms with Crippen LogP contribution in [0.1, 0.15) is 12.6 Å². The maximum atomic E-state index is 4.35. The van der Waals surface area contributed by atoms with Crippen molar-refractivity contribution in [1.29, 1.82) is 0 Å². The molecule has 0 saturated carbocycles. The Hall–Kier alpha value is -0.350. The summed E-state index contributed by atoms with van der Waals surface area (Å²) in [5.74, 6) is 0. The molecule has 0 spiro atoms. The van der Waals surface area contributed by atoms with Crippen molar-refractivity contribution in [2.75, 3.05) is 11.9 Å². The molecule has 1 N–H and O–H groups in total. The van der Waals surface area contributed by atoms with Gasteiger partial charge in [-0.3, -0.25) is 0 Å². The summed E-state index contributed by atoms with van der Waals surface area (Å²) in [5, 5.41) is 6.19. The third-order valence-electron chi connectivity index (χ3n) is 1.35. The molecule has 0 bridgehead atoms. The minimum Gasteiger partial charge on any atom is -0.357 e. The highest BCUT2D eigenvalue weighted by Crippen LogP contribution is 2.16. The van der Waals surface area contributed by atoms with Crippen molar-refractivity contribution in [2.24, 2.45) is 0 Å². The summed E-state index contributed by atoms with van der Waals surface area (Å²) >= 11 is 4.91. The molecule has 1 rings (SSSR count). The second-order valence-corrected chi connectivity index (χ2v) is 4.35. The van der Waals surface area contributed by atoms with Crippen molar-refractivity contribution in [2.45, 2.75) is 13.3 Å². The highest BCUT2D eigenvalue weighted by atomic mass is 79.9. The molecular formula is C8H11BrN2S. The van der Waals surface area contributed by atoms with Gasteiger partial charge in [0.05, 0.1) is 5.69 Å². The SMILES string of the molecule is C=C(Br)CNc1nc(CC)cs1. The lowest BCUT2D eigenvalue weighted by Crippen LogP contribution is -1.99. The van der Waals surface area contributed by atoms with E-state index in [1.54, 1.807) is 11.3 Å². The summed E-state index contributed by atoms with van der Waals surface area (Å²) in [5.41, 5.74) is 1.14. The molecule has 0 aliphatic rings. The van der Waals surface area contributed by atoms with Crippen molar-refractivity contribution in [3.05, 3.63) is 22.1 Å². The van der Waals surface area contributed by atoms with Gasteiger partial charge >= 0.3 is 0 Å². The van der Waals surface area contributed by atoms with Gasteiger partial charge in [0.1, 0.15) is 0 Å². The fourth-order valence-corrected chi connectivity index (χ4v) is 1.65. The van der Waals surface area contributed by atoms with Gasteiger partial charge < -0.3 is 5.32 Å². The van der Waals surface area contributed by atoms with E-state index < -0.39 is 0 Å². The average molecular weight is 247 g/mol. The van der Waals surface area contributed by atoms with Crippen molar-refractivity contribution >= 4 is 32.4 Å². The van der Waals surface area contributed by atoms with E-state index >= 15 is 0 Å². The Kier molecular flexibility index (Phi) is 3.75. The van der Waals surface area contributed by atoms with Crippen LogP contribution in [0.3, 0.4) is 0 Å². The van der Waals surface area contributed by atoms with E-state index in [4.69, 9.17) is 0 Å². The van der Waals surface area contributed by atoms with Gasteiger partial charge in [-0.25, -0.2) is 4.98 Å². The molecule has 1 aromatic heterocycles. The van der Waals surface area contributed by atoms with Crippen LogP contribution in [0.25, 0.3) is 0 Å². The van der Waals surface area contributed by atoms with Crippen LogP contribution in [0.15, 0.2) is 16.4 Å². The van der Waals surface area contributed by atoms with E-state index in [0.717, 1.165) is 28.3 Å². The summed E-state index contributed by atoms with van der Waals surface area (Å²) in [6, 6.07) is 0. The second kappa shape index (κ2) is 4.62. The number of hydrogen-bond donors (Lipinski definition) is 1. The highest BCUT2D eigenvalue weighted by molar-refractivity contribution is 9.11. The molecule has 2 nitrogen and oxygen atoms in total. The van der Waals surface area contributed by atoms with Crippen molar-refractivity contribution in [3.8, 4) is 0 Å². The number of aromatic nitrogens is 1. The third-order valence-corrected chi connectivity index (χ3v) is 2.47. The Morgan fingerprint density at radius 3 is 3.08 bits per heavy atom. The van der Waals surface area contributed by atoms with E-state index in [9.17, 15) is 0 Å². The smallest absolute Gasteiger partial charge is 0.183 e. The van der Waals surface area contributed by atoms with Crippen molar-refractivity contribution in [1.82, 2.24) is 4.98 Å². The molecule has 0 atom stereocenters. The standard InChI is InChI=1S/C8H11BrN2S/c1-3-7-5-12-8(11-7)10-4-6(2)9/h5H,2-4H2,1H3,(H,10,11). The zero-order valence-corrected chi connectivity index (χ0v) is 9.33. The number of halogens is 1. The number of aryl methyl sites for hydroxylation is 1. The molecule has 4 heteroatoms. The van der Waals surface area contributed by atoms with Crippen LogP contribution >= 0.6 is 27.3 Å². The number of nitrogens with zero attached hydrogens (tertiary/aromatic N) is 1. The van der Waals surface area contributed by atoms with Gasteiger partial charge in [0.2, 0.25) is 0 Å². The molecular weight excluding hydrogens is 236 g/mol. The average Bonchev–Trinajstić information content (AvgIpc) is 2.48. The molecule has 0 fully saturated rings. The lowest BCUT2D eigenvalue weighted by molar-refractivity contribution is 1.06. The molecule has 1 aromatic rings. The van der Waals surface area contributed by atoms with Crippen LogP contribution in [0.2, 0.25) is 0 Å². The van der Waals surface area contributed by atoms with Crippen LogP contribution in [0, 0.1) is 0 Å². The fourth-order valence-electron chi connectivity index (χ4n) is 0.722. The predicted octanol–water partition coefficient (Wildman–Crippen LogP) is 3.03. The van der Waals surface area contributed by atoms with Crippen molar-refractivity contribution in [3.63, 3.8) is 0 Å². The molecule has 0 aromatic carbocycles. The maximum absolute atomic E-state index is 4.35. The molecule has 0 saturated heterocycles. The summed E-state index contributed by atoms with van der Waals surface area (Å²) in [7, 11) is 0. The molecule has 0 aliphatic carbocycles. The zero-order valence-electron chi connectivity index (χ0n) is 6.93. The summed E-state index contributed by atoms with van der Waals surface area (Å²) in [4.78, 5) is 4.35. The second-order valence-electron chi connectivity index (χ2n) is 2.37. The van der Waals surface area contributed by atoms with Crippen molar-refractivity contribution < 1.29 is 0 Å². The number of hydrogen-bond acceptors (Lipinski definition) is 3.